The van der Waals surface area contributed by atoms with E-state index in [0.717, 1.165) is 30.4 Å². The molecule has 0 N–H and O–H groups in total. The Balaban J connectivity index is 0.00000243. The molecule has 1 aliphatic heterocycles. The number of rotatable bonds is 6. The first-order chi connectivity index (χ1) is 12.1. The Morgan fingerprint density at radius 2 is 1.62 bits per heavy atom. The summed E-state index contributed by atoms with van der Waals surface area (Å²) in [6.07, 6.45) is 3.60. The maximum Gasteiger partial charge on any atom is 1.00 e. The number of hydrogen-bond donors (Lipinski definition) is 0. The molecule has 1 aliphatic rings. The largest absolute Gasteiger partial charge is 1.00 e. The quantitative estimate of drug-likeness (QED) is 0.549. The monoisotopic (exact) mass is 375 g/mol. The van der Waals surface area contributed by atoms with Gasteiger partial charge in [0.05, 0.1) is 0 Å². The number of benzene rings is 2. The van der Waals surface area contributed by atoms with Crippen LogP contribution in [0.4, 0.5) is 0 Å². The van der Waals surface area contributed by atoms with Gasteiger partial charge < -0.3 is 10.0 Å². The van der Waals surface area contributed by atoms with Crippen LogP contribution >= 0.6 is 0 Å². The van der Waals surface area contributed by atoms with Crippen molar-refractivity contribution < 1.29 is 61.3 Å². The molecule has 3 unspecified atom stereocenters. The summed E-state index contributed by atoms with van der Waals surface area (Å²) in [5, 5.41) is 12.6. The number of nitrogens with zero attached hydrogens (tertiary/aromatic N) is 1. The van der Waals surface area contributed by atoms with Crippen molar-refractivity contribution in [3.63, 3.8) is 0 Å². The van der Waals surface area contributed by atoms with Gasteiger partial charge in [-0.2, -0.15) is 0 Å². The van der Waals surface area contributed by atoms with Crippen molar-refractivity contribution in [1.29, 1.82) is 0 Å². The second-order valence-corrected chi connectivity index (χ2v) is 7.03. The minimum Gasteiger partial charge on any atom is -0.848 e. The Morgan fingerprint density at radius 1 is 1.04 bits per heavy atom. The van der Waals surface area contributed by atoms with Gasteiger partial charge in [0.25, 0.3) is 0 Å². The van der Waals surface area contributed by atoms with E-state index in [2.05, 4.69) is 11.9 Å². The second-order valence-electron chi connectivity index (χ2n) is 7.03. The average molecular weight is 376 g/mol. The summed E-state index contributed by atoms with van der Waals surface area (Å²) < 4.78 is 0. The molecular weight excluding hydrogens is 349 g/mol. The van der Waals surface area contributed by atoms with Crippen molar-refractivity contribution in [3.05, 3.63) is 71.8 Å². The van der Waals surface area contributed by atoms with Gasteiger partial charge >= 0.3 is 51.4 Å². The first-order valence-electron chi connectivity index (χ1n) is 9.16. The Kier molecular flexibility index (Phi) is 9.17. The predicted molar refractivity (Wildman–Crippen MR) is 98.4 cm³/mol. The standard InChI is InChI=1S/C22H26NO2.K/c1-23-19(15-21(24)17-9-4-2-5-10-17)13-8-14-20(23)16-22(25)18-11-6-3-7-12-18;/h2-7,9-12,19-21H,8,13-16H2,1H3;/q-1;+1. The number of likely N-dealkylation sites (tertiary alicyclic amines) is 1. The third-order valence-electron chi connectivity index (χ3n) is 5.40. The summed E-state index contributed by atoms with van der Waals surface area (Å²) >= 11 is 0. The Bertz CT molecular complexity index is 677. The SMILES string of the molecule is CN1C(CC(=O)c2ccccc2)CCCC1CC([O-])c1ccccc1.[K+]. The van der Waals surface area contributed by atoms with Crippen molar-refractivity contribution in [2.24, 2.45) is 0 Å². The number of hydrogen-bond acceptors (Lipinski definition) is 3. The van der Waals surface area contributed by atoms with Crippen LogP contribution in [0.5, 0.6) is 0 Å². The van der Waals surface area contributed by atoms with E-state index in [4.69, 9.17) is 0 Å². The normalized spacial score (nSPS) is 21.6. The van der Waals surface area contributed by atoms with E-state index < -0.39 is 6.10 Å². The van der Waals surface area contributed by atoms with E-state index in [1.807, 2.05) is 60.7 Å². The van der Waals surface area contributed by atoms with Gasteiger partial charge in [0, 0.05) is 24.1 Å². The van der Waals surface area contributed by atoms with Crippen LogP contribution in [0.1, 0.15) is 54.1 Å². The molecule has 0 saturated carbocycles. The predicted octanol–water partition coefficient (Wildman–Crippen LogP) is 0.608. The minimum absolute atomic E-state index is 0. The first-order valence-corrected chi connectivity index (χ1v) is 9.16. The molecule has 2 aromatic carbocycles. The third kappa shape index (κ3) is 5.83. The van der Waals surface area contributed by atoms with Crippen molar-refractivity contribution in [1.82, 2.24) is 4.90 Å². The van der Waals surface area contributed by atoms with Crippen LogP contribution in [0.2, 0.25) is 0 Å². The summed E-state index contributed by atoms with van der Waals surface area (Å²) in [6, 6.07) is 19.6. The zero-order chi connectivity index (χ0) is 17.6. The van der Waals surface area contributed by atoms with E-state index in [1.165, 1.54) is 0 Å². The molecule has 132 valence electrons. The molecule has 0 aliphatic carbocycles. The molecule has 1 heterocycles. The van der Waals surface area contributed by atoms with Crippen LogP contribution < -0.4 is 56.5 Å². The van der Waals surface area contributed by atoms with E-state index in [9.17, 15) is 9.90 Å². The molecule has 1 saturated heterocycles. The molecule has 3 rings (SSSR count). The zero-order valence-electron chi connectivity index (χ0n) is 15.8. The molecule has 4 heteroatoms. The molecule has 0 bridgehead atoms. The third-order valence-corrected chi connectivity index (χ3v) is 5.40. The summed E-state index contributed by atoms with van der Waals surface area (Å²) in [7, 11) is 2.07. The van der Waals surface area contributed by atoms with E-state index in [0.29, 0.717) is 12.8 Å². The molecular formula is C22H26KNO2. The minimum atomic E-state index is -0.697. The number of ketones is 1. The van der Waals surface area contributed by atoms with Crippen LogP contribution in [0.15, 0.2) is 60.7 Å². The Labute approximate surface area is 199 Å². The van der Waals surface area contributed by atoms with Gasteiger partial charge in [0.2, 0.25) is 0 Å². The molecule has 2 aromatic rings. The van der Waals surface area contributed by atoms with Gasteiger partial charge in [0.1, 0.15) is 0 Å². The number of carbonyl (C=O) groups is 1. The topological polar surface area (TPSA) is 43.4 Å². The number of piperidine rings is 1. The van der Waals surface area contributed by atoms with Gasteiger partial charge in [-0.25, -0.2) is 0 Å². The van der Waals surface area contributed by atoms with Crippen molar-refractivity contribution in [2.75, 3.05) is 7.05 Å². The molecule has 0 aromatic heterocycles. The molecule has 1 fully saturated rings. The van der Waals surface area contributed by atoms with Crippen LogP contribution in [-0.4, -0.2) is 29.8 Å². The van der Waals surface area contributed by atoms with Crippen LogP contribution in [-0.2, 0) is 0 Å². The molecule has 0 amide bonds. The summed E-state index contributed by atoms with van der Waals surface area (Å²) in [5.74, 6) is 0.194. The van der Waals surface area contributed by atoms with E-state index >= 15 is 0 Å². The Hall–Kier alpha value is -0.334. The zero-order valence-corrected chi connectivity index (χ0v) is 18.9. The van der Waals surface area contributed by atoms with Gasteiger partial charge in [0.15, 0.2) is 5.78 Å². The molecule has 3 atom stereocenters. The second kappa shape index (κ2) is 10.9. The van der Waals surface area contributed by atoms with Crippen LogP contribution in [0.3, 0.4) is 0 Å². The van der Waals surface area contributed by atoms with E-state index in [-0.39, 0.29) is 69.3 Å². The molecule has 0 radical (unpaired) electrons. The van der Waals surface area contributed by atoms with Crippen LogP contribution in [0.25, 0.3) is 0 Å². The average Bonchev–Trinajstić information content (AvgIpc) is 2.66. The molecule has 0 spiro atoms. The fraction of sp³-hybridized carbons (Fsp3) is 0.409. The summed E-state index contributed by atoms with van der Waals surface area (Å²) in [6.45, 7) is 0. The molecule has 3 nitrogen and oxygen atoms in total. The van der Waals surface area contributed by atoms with Gasteiger partial charge in [-0.15, -0.1) is 0 Å². The van der Waals surface area contributed by atoms with E-state index in [1.54, 1.807) is 0 Å². The smallest absolute Gasteiger partial charge is 0.848 e. The maximum atomic E-state index is 12.6. The summed E-state index contributed by atoms with van der Waals surface area (Å²) in [4.78, 5) is 14.8. The number of carbonyl (C=O) groups excluding carboxylic acids is 1. The Morgan fingerprint density at radius 3 is 2.27 bits per heavy atom. The number of Topliss-reactive ketones (excluding diaryl/α,β-unsaturated/α-hetero) is 1. The van der Waals surface area contributed by atoms with Crippen molar-refractivity contribution in [2.45, 2.75) is 50.3 Å². The molecule has 26 heavy (non-hydrogen) atoms. The maximum absolute atomic E-state index is 12.6. The fourth-order valence-corrected chi connectivity index (χ4v) is 3.83. The van der Waals surface area contributed by atoms with Crippen molar-refractivity contribution >= 4 is 5.78 Å². The van der Waals surface area contributed by atoms with Gasteiger partial charge in [-0.1, -0.05) is 78.8 Å². The fourth-order valence-electron chi connectivity index (χ4n) is 3.83. The summed E-state index contributed by atoms with van der Waals surface area (Å²) in [5.41, 5.74) is 1.64. The van der Waals surface area contributed by atoms with Crippen molar-refractivity contribution in [3.8, 4) is 0 Å². The van der Waals surface area contributed by atoms with Gasteiger partial charge in [-0.3, -0.25) is 4.79 Å². The van der Waals surface area contributed by atoms with Crippen LogP contribution in [0, 0.1) is 0 Å². The first kappa shape index (κ1) is 22.0. The van der Waals surface area contributed by atoms with Gasteiger partial charge in [-0.05, 0) is 26.3 Å².